The van der Waals surface area contributed by atoms with Gasteiger partial charge in [-0.25, -0.2) is 4.79 Å². The van der Waals surface area contributed by atoms with Crippen molar-refractivity contribution in [2.75, 3.05) is 19.0 Å². The Kier molecular flexibility index (Phi) is 5.82. The van der Waals surface area contributed by atoms with Crippen molar-refractivity contribution in [3.05, 3.63) is 58.1 Å². The summed E-state index contributed by atoms with van der Waals surface area (Å²) in [6.07, 6.45) is 0. The molecule has 0 atom stereocenters. The maximum Gasteiger partial charge on any atom is 0.338 e. The molecule has 0 spiro atoms. The van der Waals surface area contributed by atoms with E-state index in [1.165, 1.54) is 7.11 Å². The standard InChI is InChI=1S/C18H18ClNO4/c1-11-5-4-6-14(12(11)2)18(22)24-10-17(21)20-13-7-8-16(23-3)15(19)9-13/h4-9H,10H2,1-3H3,(H,20,21). The van der Waals surface area contributed by atoms with Crippen molar-refractivity contribution in [1.82, 2.24) is 0 Å². The van der Waals surface area contributed by atoms with Gasteiger partial charge >= 0.3 is 5.97 Å². The first-order chi connectivity index (χ1) is 11.4. The molecule has 0 radical (unpaired) electrons. The fraction of sp³-hybridized carbons (Fsp3) is 0.222. The van der Waals surface area contributed by atoms with Gasteiger partial charge in [-0.15, -0.1) is 0 Å². The van der Waals surface area contributed by atoms with Crippen LogP contribution in [0.1, 0.15) is 21.5 Å². The molecule has 0 aliphatic heterocycles. The summed E-state index contributed by atoms with van der Waals surface area (Å²) in [6.45, 7) is 3.37. The van der Waals surface area contributed by atoms with Crippen LogP contribution in [0.4, 0.5) is 5.69 Å². The molecule has 0 aliphatic rings. The number of aryl methyl sites for hydroxylation is 1. The molecule has 24 heavy (non-hydrogen) atoms. The van der Waals surface area contributed by atoms with Crippen LogP contribution in [0.25, 0.3) is 0 Å². The smallest absolute Gasteiger partial charge is 0.338 e. The van der Waals surface area contributed by atoms with Gasteiger partial charge in [0.1, 0.15) is 5.75 Å². The van der Waals surface area contributed by atoms with Crippen molar-refractivity contribution < 1.29 is 19.1 Å². The molecular formula is C18H18ClNO4. The van der Waals surface area contributed by atoms with E-state index >= 15 is 0 Å². The van der Waals surface area contributed by atoms with Gasteiger partial charge in [0.15, 0.2) is 6.61 Å². The maximum atomic E-state index is 12.1. The molecule has 0 saturated carbocycles. The number of nitrogens with one attached hydrogen (secondary N) is 1. The fourth-order valence-electron chi connectivity index (χ4n) is 2.12. The van der Waals surface area contributed by atoms with Crippen molar-refractivity contribution >= 4 is 29.2 Å². The Hall–Kier alpha value is -2.53. The van der Waals surface area contributed by atoms with Crippen molar-refractivity contribution in [1.29, 1.82) is 0 Å². The highest BCUT2D eigenvalue weighted by Gasteiger charge is 2.14. The van der Waals surface area contributed by atoms with Gasteiger partial charge in [-0.05, 0) is 49.2 Å². The average Bonchev–Trinajstić information content (AvgIpc) is 2.55. The predicted molar refractivity (Wildman–Crippen MR) is 92.8 cm³/mol. The van der Waals surface area contributed by atoms with E-state index in [1.807, 2.05) is 19.9 Å². The lowest BCUT2D eigenvalue weighted by atomic mass is 10.0. The van der Waals surface area contributed by atoms with Crippen LogP contribution in [-0.4, -0.2) is 25.6 Å². The second kappa shape index (κ2) is 7.84. The highest BCUT2D eigenvalue weighted by Crippen LogP contribution is 2.27. The highest BCUT2D eigenvalue weighted by atomic mass is 35.5. The Bertz CT molecular complexity index is 774. The second-order valence-electron chi connectivity index (χ2n) is 5.22. The van der Waals surface area contributed by atoms with Crippen LogP contribution in [0.3, 0.4) is 0 Å². The van der Waals surface area contributed by atoms with Crippen LogP contribution in [-0.2, 0) is 9.53 Å². The van der Waals surface area contributed by atoms with Crippen molar-refractivity contribution in [2.45, 2.75) is 13.8 Å². The number of hydrogen-bond acceptors (Lipinski definition) is 4. The fourth-order valence-corrected chi connectivity index (χ4v) is 2.38. The van der Waals surface area contributed by atoms with Crippen LogP contribution in [0, 0.1) is 13.8 Å². The van der Waals surface area contributed by atoms with E-state index in [0.717, 1.165) is 11.1 Å². The third kappa shape index (κ3) is 4.26. The molecule has 0 saturated heterocycles. The summed E-state index contributed by atoms with van der Waals surface area (Å²) >= 11 is 5.99. The summed E-state index contributed by atoms with van der Waals surface area (Å²) in [4.78, 5) is 24.0. The van der Waals surface area contributed by atoms with Gasteiger partial charge < -0.3 is 14.8 Å². The number of halogens is 1. The normalized spacial score (nSPS) is 10.2. The number of rotatable bonds is 5. The minimum atomic E-state index is -0.529. The van der Waals surface area contributed by atoms with Crippen LogP contribution in [0.2, 0.25) is 5.02 Å². The van der Waals surface area contributed by atoms with Crippen LogP contribution in [0.5, 0.6) is 5.75 Å². The molecule has 0 heterocycles. The number of methoxy groups -OCH3 is 1. The molecule has 0 aliphatic carbocycles. The van der Waals surface area contributed by atoms with E-state index in [0.29, 0.717) is 22.0 Å². The van der Waals surface area contributed by atoms with Gasteiger partial charge in [0.05, 0.1) is 17.7 Å². The Morgan fingerprint density at radius 3 is 2.58 bits per heavy atom. The number of carbonyl (C=O) groups is 2. The van der Waals surface area contributed by atoms with E-state index in [4.69, 9.17) is 21.1 Å². The number of ether oxygens (including phenoxy) is 2. The Morgan fingerprint density at radius 2 is 1.92 bits per heavy atom. The summed E-state index contributed by atoms with van der Waals surface area (Å²) in [5, 5.41) is 2.99. The lowest BCUT2D eigenvalue weighted by molar-refractivity contribution is -0.119. The van der Waals surface area contributed by atoms with Gasteiger partial charge in [0.2, 0.25) is 0 Å². The van der Waals surface area contributed by atoms with Gasteiger partial charge in [0, 0.05) is 5.69 Å². The summed E-state index contributed by atoms with van der Waals surface area (Å²) in [7, 11) is 1.51. The highest BCUT2D eigenvalue weighted by molar-refractivity contribution is 6.32. The van der Waals surface area contributed by atoms with Crippen molar-refractivity contribution in [3.8, 4) is 5.75 Å². The van der Waals surface area contributed by atoms with Gasteiger partial charge in [0.25, 0.3) is 5.91 Å². The molecule has 6 heteroatoms. The van der Waals surface area contributed by atoms with Gasteiger partial charge in [-0.2, -0.15) is 0 Å². The predicted octanol–water partition coefficient (Wildman–Crippen LogP) is 3.76. The zero-order valence-corrected chi connectivity index (χ0v) is 14.4. The minimum Gasteiger partial charge on any atom is -0.495 e. The summed E-state index contributed by atoms with van der Waals surface area (Å²) < 4.78 is 10.1. The van der Waals surface area contributed by atoms with E-state index in [2.05, 4.69) is 5.32 Å². The summed E-state index contributed by atoms with van der Waals surface area (Å²) in [6, 6.07) is 10.2. The number of esters is 1. The van der Waals surface area contributed by atoms with Crippen LogP contribution < -0.4 is 10.1 Å². The number of anilines is 1. The molecule has 2 rings (SSSR count). The summed E-state index contributed by atoms with van der Waals surface area (Å²) in [5.41, 5.74) is 2.77. The number of benzene rings is 2. The first-order valence-electron chi connectivity index (χ1n) is 7.29. The van der Waals surface area contributed by atoms with E-state index < -0.39 is 11.9 Å². The first-order valence-corrected chi connectivity index (χ1v) is 7.67. The molecule has 0 bridgehead atoms. The Labute approximate surface area is 145 Å². The van der Waals surface area contributed by atoms with E-state index in [-0.39, 0.29) is 6.61 Å². The Balaban J connectivity index is 1.94. The molecular weight excluding hydrogens is 330 g/mol. The van der Waals surface area contributed by atoms with Gasteiger partial charge in [-0.3, -0.25) is 4.79 Å². The molecule has 5 nitrogen and oxygen atoms in total. The monoisotopic (exact) mass is 347 g/mol. The van der Waals surface area contributed by atoms with E-state index in [9.17, 15) is 9.59 Å². The SMILES string of the molecule is COc1ccc(NC(=O)COC(=O)c2cccc(C)c2C)cc1Cl. The molecule has 1 N–H and O–H groups in total. The molecule has 126 valence electrons. The minimum absolute atomic E-state index is 0.377. The first kappa shape index (κ1) is 17.8. The largest absolute Gasteiger partial charge is 0.495 e. The average molecular weight is 348 g/mol. The number of amides is 1. The van der Waals surface area contributed by atoms with Crippen LogP contribution in [0.15, 0.2) is 36.4 Å². The zero-order chi connectivity index (χ0) is 17.7. The lowest BCUT2D eigenvalue weighted by Gasteiger charge is -2.10. The topological polar surface area (TPSA) is 64.6 Å². The van der Waals surface area contributed by atoms with Crippen molar-refractivity contribution in [2.24, 2.45) is 0 Å². The zero-order valence-electron chi connectivity index (χ0n) is 13.7. The molecule has 2 aromatic rings. The number of carbonyl (C=O) groups excluding carboxylic acids is 2. The third-order valence-electron chi connectivity index (χ3n) is 3.59. The second-order valence-corrected chi connectivity index (χ2v) is 5.63. The van der Waals surface area contributed by atoms with Crippen molar-refractivity contribution in [3.63, 3.8) is 0 Å². The Morgan fingerprint density at radius 1 is 1.17 bits per heavy atom. The summed E-state index contributed by atoms with van der Waals surface area (Å²) in [5.74, 6) is -0.468. The maximum absolute atomic E-state index is 12.1. The molecule has 0 unspecified atom stereocenters. The van der Waals surface area contributed by atoms with E-state index in [1.54, 1.807) is 30.3 Å². The molecule has 2 aromatic carbocycles. The van der Waals surface area contributed by atoms with Crippen LogP contribution >= 0.6 is 11.6 Å². The molecule has 0 fully saturated rings. The lowest BCUT2D eigenvalue weighted by Crippen LogP contribution is -2.21. The number of hydrogen-bond donors (Lipinski definition) is 1. The quantitative estimate of drug-likeness (QED) is 0.836. The van der Waals surface area contributed by atoms with Gasteiger partial charge in [-0.1, -0.05) is 23.7 Å². The molecule has 1 amide bonds. The third-order valence-corrected chi connectivity index (χ3v) is 3.89. The molecule has 0 aromatic heterocycles.